The molecule has 0 atom stereocenters. The second kappa shape index (κ2) is 10.5. The van der Waals surface area contributed by atoms with E-state index in [0.717, 1.165) is 66.1 Å². The lowest BCUT2D eigenvalue weighted by Gasteiger charge is -2.32. The van der Waals surface area contributed by atoms with Crippen LogP contribution in [0.5, 0.6) is 0 Å². The summed E-state index contributed by atoms with van der Waals surface area (Å²) in [6.45, 7) is 2.45. The zero-order valence-electron chi connectivity index (χ0n) is 18.6. The highest BCUT2D eigenvalue weighted by atomic mass is 79.9. The summed E-state index contributed by atoms with van der Waals surface area (Å²) in [5.41, 5.74) is 3.68. The molecule has 5 rings (SSSR count). The van der Waals surface area contributed by atoms with E-state index in [1.54, 1.807) is 17.5 Å². The largest absolute Gasteiger partial charge is 0.370 e. The predicted octanol–water partition coefficient (Wildman–Crippen LogP) is 6.16. The van der Waals surface area contributed by atoms with Crippen molar-refractivity contribution in [1.29, 1.82) is 0 Å². The van der Waals surface area contributed by atoms with E-state index >= 15 is 0 Å². The molecule has 1 aromatic carbocycles. The highest BCUT2D eigenvalue weighted by Gasteiger charge is 2.23. The number of carbonyl (C=O) groups excluding carboxylic acids is 1. The molecule has 34 heavy (non-hydrogen) atoms. The Morgan fingerprint density at radius 1 is 1.24 bits per heavy atom. The van der Waals surface area contributed by atoms with Gasteiger partial charge in [0.05, 0.1) is 16.4 Å². The fourth-order valence-corrected chi connectivity index (χ4v) is 5.63. The van der Waals surface area contributed by atoms with Gasteiger partial charge in [-0.2, -0.15) is 21.0 Å². The smallest absolute Gasteiger partial charge is 0.222 e. The molecule has 1 fully saturated rings. The first-order valence-corrected chi connectivity index (χ1v) is 13.5. The average molecular weight is 559 g/mol. The first-order chi connectivity index (χ1) is 16.6. The van der Waals surface area contributed by atoms with Gasteiger partial charge in [0.1, 0.15) is 5.82 Å². The summed E-state index contributed by atoms with van der Waals surface area (Å²) >= 11 is 11.7. The molecule has 0 spiro atoms. The molecule has 4 heterocycles. The number of piperidine rings is 1. The van der Waals surface area contributed by atoms with Gasteiger partial charge in [0.15, 0.2) is 5.65 Å². The van der Waals surface area contributed by atoms with E-state index in [2.05, 4.69) is 43.2 Å². The van der Waals surface area contributed by atoms with Crippen LogP contribution in [0.4, 0.5) is 5.82 Å². The summed E-state index contributed by atoms with van der Waals surface area (Å²) in [5, 5.41) is 12.9. The first kappa shape index (κ1) is 23.3. The lowest BCUT2D eigenvalue weighted by atomic mass is 9.96. The molecule has 3 aromatic heterocycles. The van der Waals surface area contributed by atoms with Gasteiger partial charge in [0, 0.05) is 42.7 Å². The molecule has 1 amide bonds. The Balaban J connectivity index is 1.22. The highest BCUT2D eigenvalue weighted by Crippen LogP contribution is 2.30. The van der Waals surface area contributed by atoms with Crippen molar-refractivity contribution in [3.05, 3.63) is 68.4 Å². The summed E-state index contributed by atoms with van der Waals surface area (Å²) in [5.74, 6) is 1.63. The molecule has 1 aliphatic rings. The zero-order chi connectivity index (χ0) is 23.5. The topological polar surface area (TPSA) is 62.5 Å². The molecule has 0 radical (unpaired) electrons. The minimum atomic E-state index is 0.263. The van der Waals surface area contributed by atoms with Crippen LogP contribution >= 0.6 is 38.9 Å². The molecule has 9 heteroatoms. The summed E-state index contributed by atoms with van der Waals surface area (Å²) < 4.78 is 2.65. The van der Waals surface area contributed by atoms with Gasteiger partial charge in [-0.05, 0) is 69.6 Å². The number of benzene rings is 1. The second-order valence-electron chi connectivity index (χ2n) is 8.57. The van der Waals surface area contributed by atoms with Crippen molar-refractivity contribution in [2.45, 2.75) is 25.7 Å². The zero-order valence-corrected chi connectivity index (χ0v) is 21.7. The van der Waals surface area contributed by atoms with Crippen molar-refractivity contribution >= 4 is 56.2 Å². The number of hydrogen-bond acceptors (Lipinski definition) is 5. The van der Waals surface area contributed by atoms with E-state index in [9.17, 15) is 4.79 Å². The normalized spacial score (nSPS) is 14.6. The Bertz CT molecular complexity index is 1280. The predicted molar refractivity (Wildman–Crippen MR) is 142 cm³/mol. The van der Waals surface area contributed by atoms with Gasteiger partial charge in [0.2, 0.25) is 5.91 Å². The summed E-state index contributed by atoms with van der Waals surface area (Å²) in [7, 11) is 0. The molecule has 176 valence electrons. The van der Waals surface area contributed by atoms with Crippen LogP contribution in [-0.4, -0.2) is 45.0 Å². The maximum Gasteiger partial charge on any atom is 0.222 e. The van der Waals surface area contributed by atoms with Crippen molar-refractivity contribution in [3.8, 4) is 11.3 Å². The minimum absolute atomic E-state index is 0.263. The number of halogens is 2. The quantitative estimate of drug-likeness (QED) is 0.295. The van der Waals surface area contributed by atoms with Crippen LogP contribution in [0.3, 0.4) is 0 Å². The summed E-state index contributed by atoms with van der Waals surface area (Å²) in [4.78, 5) is 19.4. The van der Waals surface area contributed by atoms with Crippen molar-refractivity contribution in [2.24, 2.45) is 5.92 Å². The Morgan fingerprint density at radius 2 is 2.06 bits per heavy atom. The number of rotatable bonds is 7. The van der Waals surface area contributed by atoms with Gasteiger partial charge in [-0.3, -0.25) is 4.79 Å². The number of carbonyl (C=O) groups is 1. The van der Waals surface area contributed by atoms with Crippen molar-refractivity contribution in [2.75, 3.05) is 25.0 Å². The SMILES string of the molecule is O=C(CCc1ccsc1)N1CCC(CNc2cc(-c3ccccc3Cl)nc3c(Br)cnn23)CC1. The third kappa shape index (κ3) is 5.14. The van der Waals surface area contributed by atoms with Crippen molar-refractivity contribution in [3.63, 3.8) is 0 Å². The van der Waals surface area contributed by atoms with Crippen LogP contribution in [0.15, 0.2) is 57.8 Å². The lowest BCUT2D eigenvalue weighted by molar-refractivity contribution is -0.132. The van der Waals surface area contributed by atoms with Gasteiger partial charge in [-0.1, -0.05) is 29.8 Å². The summed E-state index contributed by atoms with van der Waals surface area (Å²) in [6, 6.07) is 11.8. The Morgan fingerprint density at radius 3 is 2.82 bits per heavy atom. The highest BCUT2D eigenvalue weighted by molar-refractivity contribution is 9.10. The maximum absolute atomic E-state index is 12.6. The number of aryl methyl sites for hydroxylation is 1. The number of thiophene rings is 1. The number of likely N-dealkylation sites (tertiary alicyclic amines) is 1. The Kier molecular flexibility index (Phi) is 7.18. The molecule has 0 saturated carbocycles. The van der Waals surface area contributed by atoms with Gasteiger partial charge >= 0.3 is 0 Å². The molecule has 0 aliphatic carbocycles. The number of anilines is 1. The van der Waals surface area contributed by atoms with E-state index in [-0.39, 0.29) is 5.91 Å². The van der Waals surface area contributed by atoms with Crippen LogP contribution in [0, 0.1) is 5.92 Å². The lowest BCUT2D eigenvalue weighted by Crippen LogP contribution is -2.40. The number of fused-ring (bicyclic) bond motifs is 1. The summed E-state index contributed by atoms with van der Waals surface area (Å²) in [6.07, 6.45) is 5.16. The molecular weight excluding hydrogens is 534 g/mol. The Hall–Kier alpha value is -2.42. The molecule has 4 aromatic rings. The van der Waals surface area contributed by atoms with Crippen LogP contribution in [0.25, 0.3) is 16.9 Å². The molecule has 0 bridgehead atoms. The van der Waals surface area contributed by atoms with Gasteiger partial charge in [-0.15, -0.1) is 0 Å². The van der Waals surface area contributed by atoms with Crippen LogP contribution < -0.4 is 5.32 Å². The van der Waals surface area contributed by atoms with Crippen molar-refractivity contribution in [1.82, 2.24) is 19.5 Å². The second-order valence-corrected chi connectivity index (χ2v) is 10.6. The number of amides is 1. The number of nitrogens with one attached hydrogen (secondary N) is 1. The van der Waals surface area contributed by atoms with Crippen LogP contribution in [-0.2, 0) is 11.2 Å². The molecule has 1 saturated heterocycles. The van der Waals surface area contributed by atoms with E-state index in [4.69, 9.17) is 16.6 Å². The number of hydrogen-bond donors (Lipinski definition) is 1. The average Bonchev–Trinajstić information content (AvgIpc) is 3.52. The van der Waals surface area contributed by atoms with Gasteiger partial charge < -0.3 is 10.2 Å². The minimum Gasteiger partial charge on any atom is -0.370 e. The maximum atomic E-state index is 12.6. The van der Waals surface area contributed by atoms with E-state index < -0.39 is 0 Å². The monoisotopic (exact) mass is 557 g/mol. The molecule has 0 unspecified atom stereocenters. The number of aromatic nitrogens is 3. The third-order valence-corrected chi connectivity index (χ3v) is 7.95. The van der Waals surface area contributed by atoms with Gasteiger partial charge in [-0.25, -0.2) is 4.98 Å². The molecule has 1 N–H and O–H groups in total. The van der Waals surface area contributed by atoms with Crippen molar-refractivity contribution < 1.29 is 4.79 Å². The molecular formula is C25H25BrClN5OS. The third-order valence-electron chi connectivity index (χ3n) is 6.33. The van der Waals surface area contributed by atoms with E-state index in [1.807, 2.05) is 39.7 Å². The van der Waals surface area contributed by atoms with E-state index in [1.165, 1.54) is 5.56 Å². The van der Waals surface area contributed by atoms with E-state index in [0.29, 0.717) is 17.4 Å². The van der Waals surface area contributed by atoms with Gasteiger partial charge in [0.25, 0.3) is 0 Å². The molecule has 6 nitrogen and oxygen atoms in total. The first-order valence-electron chi connectivity index (χ1n) is 11.4. The number of nitrogens with zero attached hydrogens (tertiary/aromatic N) is 4. The Labute approximate surface area is 216 Å². The standard InChI is InChI=1S/C25H25BrClN5OS/c26-20-15-29-32-23(13-22(30-25(20)32)19-3-1-2-4-21(19)27)28-14-17-7-10-31(11-8-17)24(33)6-5-18-9-12-34-16-18/h1-4,9,12-13,15-17,28H,5-8,10-11,14H2. The molecule has 1 aliphatic heterocycles. The van der Waals surface area contributed by atoms with Crippen LogP contribution in [0.1, 0.15) is 24.8 Å². The fraction of sp³-hybridized carbons (Fsp3) is 0.320. The fourth-order valence-electron chi connectivity index (χ4n) is 4.35. The van der Waals surface area contributed by atoms with Crippen LogP contribution in [0.2, 0.25) is 5.02 Å².